The Kier molecular flexibility index (Phi) is 11.4. The van der Waals surface area contributed by atoms with Crippen LogP contribution in [-0.4, -0.2) is 24.4 Å². The van der Waals surface area contributed by atoms with Gasteiger partial charge in [0.05, 0.1) is 6.61 Å². The third kappa shape index (κ3) is 7.45. The Labute approximate surface area is 144 Å². The highest BCUT2D eigenvalue weighted by atomic mass is 35.5. The SMILES string of the molecule is CC[PH](=O)OCCCCCC(O)(CN)c1ccc(Cl)cc1.Cl. The number of aliphatic hydroxyl groups is 1. The average Bonchev–Trinajstić information content (AvgIpc) is 2.50. The lowest BCUT2D eigenvalue weighted by Crippen LogP contribution is -2.34. The molecule has 0 radical (unpaired) electrons. The van der Waals surface area contributed by atoms with Crippen molar-refractivity contribution in [2.24, 2.45) is 5.73 Å². The summed E-state index contributed by atoms with van der Waals surface area (Å²) in [7, 11) is -1.83. The first-order valence-electron chi connectivity index (χ1n) is 7.36. The van der Waals surface area contributed by atoms with E-state index in [0.717, 1.165) is 24.8 Å². The van der Waals surface area contributed by atoms with E-state index >= 15 is 0 Å². The maximum absolute atomic E-state index is 11.2. The molecule has 1 rings (SSSR count). The molecule has 1 aromatic carbocycles. The number of hydrogen-bond donors (Lipinski definition) is 2. The Hall–Kier alpha value is -0.0900. The molecule has 3 N–H and O–H groups in total. The number of rotatable bonds is 10. The number of hydrogen-bond acceptors (Lipinski definition) is 4. The summed E-state index contributed by atoms with van der Waals surface area (Å²) in [6.45, 7) is 2.55. The van der Waals surface area contributed by atoms with Crippen LogP contribution in [0.2, 0.25) is 5.02 Å². The van der Waals surface area contributed by atoms with Crippen LogP contribution >= 0.6 is 32.0 Å². The van der Waals surface area contributed by atoms with Crippen LogP contribution < -0.4 is 5.73 Å². The molecule has 22 heavy (non-hydrogen) atoms. The van der Waals surface area contributed by atoms with E-state index in [-0.39, 0.29) is 19.0 Å². The molecule has 0 aliphatic heterocycles. The van der Waals surface area contributed by atoms with Crippen molar-refractivity contribution in [1.82, 2.24) is 0 Å². The molecular formula is C15H26Cl2NO3P. The van der Waals surface area contributed by atoms with Crippen LogP contribution in [0, 0.1) is 0 Å². The topological polar surface area (TPSA) is 72.5 Å². The highest BCUT2D eigenvalue weighted by molar-refractivity contribution is 7.39. The van der Waals surface area contributed by atoms with E-state index in [1.165, 1.54) is 0 Å². The zero-order chi connectivity index (χ0) is 15.7. The normalized spacial score (nSPS) is 14.9. The van der Waals surface area contributed by atoms with Crippen molar-refractivity contribution in [1.29, 1.82) is 0 Å². The first-order chi connectivity index (χ1) is 10.0. The van der Waals surface area contributed by atoms with Crippen molar-refractivity contribution in [3.05, 3.63) is 34.9 Å². The van der Waals surface area contributed by atoms with Gasteiger partial charge in [-0.3, -0.25) is 4.57 Å². The third-order valence-electron chi connectivity index (χ3n) is 3.51. The average molecular weight is 370 g/mol. The lowest BCUT2D eigenvalue weighted by atomic mass is 9.88. The van der Waals surface area contributed by atoms with Crippen molar-refractivity contribution in [2.45, 2.75) is 38.2 Å². The Balaban J connectivity index is 0.00000441. The van der Waals surface area contributed by atoms with Crippen LogP contribution in [0.1, 0.15) is 38.2 Å². The van der Waals surface area contributed by atoms with Gasteiger partial charge in [-0.2, -0.15) is 0 Å². The van der Waals surface area contributed by atoms with E-state index in [4.69, 9.17) is 21.9 Å². The van der Waals surface area contributed by atoms with Crippen molar-refractivity contribution >= 4 is 32.0 Å². The second-order valence-electron chi connectivity index (χ2n) is 5.13. The maximum Gasteiger partial charge on any atom is 0.191 e. The van der Waals surface area contributed by atoms with Crippen molar-refractivity contribution in [3.63, 3.8) is 0 Å². The van der Waals surface area contributed by atoms with Crippen molar-refractivity contribution in [3.8, 4) is 0 Å². The highest BCUT2D eigenvalue weighted by Gasteiger charge is 2.26. The lowest BCUT2D eigenvalue weighted by molar-refractivity contribution is 0.0337. The standard InChI is InChI=1S/C15H25ClNO3P.ClH/c1-2-21(19)20-11-5-3-4-10-15(18,12-17)13-6-8-14(16)9-7-13;/h6-9,18,21H,2-5,10-12,17H2,1H3;1H. The maximum atomic E-state index is 11.2. The first kappa shape index (κ1) is 21.9. The van der Waals surface area contributed by atoms with Crippen LogP contribution in [0.15, 0.2) is 24.3 Å². The zero-order valence-electron chi connectivity index (χ0n) is 12.9. The summed E-state index contributed by atoms with van der Waals surface area (Å²) in [5.74, 6) is 0. The molecule has 128 valence electrons. The second kappa shape index (κ2) is 11.4. The lowest BCUT2D eigenvalue weighted by Gasteiger charge is -2.27. The first-order valence-corrected chi connectivity index (χ1v) is 9.26. The Bertz CT molecular complexity index is 445. The minimum absolute atomic E-state index is 0. The Morgan fingerprint density at radius 3 is 2.45 bits per heavy atom. The van der Waals surface area contributed by atoms with E-state index < -0.39 is 13.6 Å². The summed E-state index contributed by atoms with van der Waals surface area (Å²) in [5.41, 5.74) is 5.51. The van der Waals surface area contributed by atoms with Gasteiger partial charge in [0.25, 0.3) is 0 Å². The van der Waals surface area contributed by atoms with E-state index in [1.54, 1.807) is 12.1 Å². The number of unbranched alkanes of at least 4 members (excludes halogenated alkanes) is 2. The largest absolute Gasteiger partial charge is 0.384 e. The predicted octanol–water partition coefficient (Wildman–Crippen LogP) is 3.98. The molecule has 0 aromatic heterocycles. The molecule has 2 unspecified atom stereocenters. The van der Waals surface area contributed by atoms with Crippen LogP contribution in [-0.2, 0) is 14.7 Å². The summed E-state index contributed by atoms with van der Waals surface area (Å²) >= 11 is 5.85. The Morgan fingerprint density at radius 1 is 1.27 bits per heavy atom. The summed E-state index contributed by atoms with van der Waals surface area (Å²) in [6.07, 6.45) is 3.78. The van der Waals surface area contributed by atoms with Crippen LogP contribution in [0.5, 0.6) is 0 Å². The second-order valence-corrected chi connectivity index (χ2v) is 7.30. The monoisotopic (exact) mass is 369 g/mol. The predicted molar refractivity (Wildman–Crippen MR) is 95.6 cm³/mol. The zero-order valence-corrected chi connectivity index (χ0v) is 15.5. The molecule has 0 saturated carbocycles. The molecule has 2 atom stereocenters. The minimum Gasteiger partial charge on any atom is -0.384 e. The molecule has 4 nitrogen and oxygen atoms in total. The van der Waals surface area contributed by atoms with Crippen LogP contribution in [0.25, 0.3) is 0 Å². The molecule has 7 heteroatoms. The van der Waals surface area contributed by atoms with Gasteiger partial charge in [0.1, 0.15) is 5.60 Å². The summed E-state index contributed by atoms with van der Waals surface area (Å²) in [4.78, 5) is 0. The summed E-state index contributed by atoms with van der Waals surface area (Å²) in [5, 5.41) is 11.3. The summed E-state index contributed by atoms with van der Waals surface area (Å²) < 4.78 is 16.4. The van der Waals surface area contributed by atoms with E-state index in [9.17, 15) is 9.67 Å². The molecule has 1 aromatic rings. The Morgan fingerprint density at radius 2 is 1.91 bits per heavy atom. The fourth-order valence-electron chi connectivity index (χ4n) is 2.11. The van der Waals surface area contributed by atoms with Gasteiger partial charge in [-0.25, -0.2) is 0 Å². The minimum atomic E-state index is -1.83. The molecule has 0 fully saturated rings. The van der Waals surface area contributed by atoms with Crippen molar-refractivity contribution < 1.29 is 14.2 Å². The molecule has 0 aliphatic carbocycles. The molecule has 0 saturated heterocycles. The molecule has 0 amide bonds. The third-order valence-corrected chi connectivity index (χ3v) is 4.86. The van der Waals surface area contributed by atoms with Gasteiger partial charge < -0.3 is 15.4 Å². The molecule has 0 aliphatic rings. The number of benzene rings is 1. The molecule has 0 heterocycles. The van der Waals surface area contributed by atoms with Gasteiger partial charge in [0, 0.05) is 17.7 Å². The van der Waals surface area contributed by atoms with Crippen molar-refractivity contribution in [2.75, 3.05) is 19.3 Å². The quantitative estimate of drug-likeness (QED) is 0.483. The fourth-order valence-corrected chi connectivity index (χ4v) is 2.81. The highest BCUT2D eigenvalue weighted by Crippen LogP contribution is 2.28. The van der Waals surface area contributed by atoms with Gasteiger partial charge in [-0.15, -0.1) is 12.4 Å². The number of nitrogens with two attached hydrogens (primary N) is 1. The smallest absolute Gasteiger partial charge is 0.191 e. The van der Waals surface area contributed by atoms with Gasteiger partial charge in [0.2, 0.25) is 0 Å². The van der Waals surface area contributed by atoms with Gasteiger partial charge >= 0.3 is 0 Å². The van der Waals surface area contributed by atoms with Gasteiger partial charge in [-0.05, 0) is 30.5 Å². The van der Waals surface area contributed by atoms with E-state index in [1.807, 2.05) is 19.1 Å². The van der Waals surface area contributed by atoms with Gasteiger partial charge in [-0.1, -0.05) is 43.5 Å². The number of halogens is 2. The fraction of sp³-hybridized carbons (Fsp3) is 0.600. The van der Waals surface area contributed by atoms with E-state index in [2.05, 4.69) is 0 Å². The molecule has 0 bridgehead atoms. The molecule has 0 spiro atoms. The summed E-state index contributed by atoms with van der Waals surface area (Å²) in [6, 6.07) is 7.14. The van der Waals surface area contributed by atoms with E-state index in [0.29, 0.717) is 24.2 Å². The van der Waals surface area contributed by atoms with Crippen LogP contribution in [0.3, 0.4) is 0 Å². The van der Waals surface area contributed by atoms with Gasteiger partial charge in [0.15, 0.2) is 8.03 Å². The molecular weight excluding hydrogens is 344 g/mol. The van der Waals surface area contributed by atoms with Crippen LogP contribution in [0.4, 0.5) is 0 Å².